The molecule has 0 saturated carbocycles. The van der Waals surface area contributed by atoms with Crippen molar-refractivity contribution in [3.05, 3.63) is 22.7 Å². The molecule has 0 spiro atoms. The van der Waals surface area contributed by atoms with Gasteiger partial charge in [0.1, 0.15) is 5.75 Å². The molecule has 8 heteroatoms. The average Bonchev–Trinajstić information content (AvgIpc) is 2.65. The summed E-state index contributed by atoms with van der Waals surface area (Å²) in [7, 11) is 1.49. The SMILES string of the molecule is CCOC(=O)CCCN1CCC(NC(=O)c2cc(Cl)c(N)cc2OC)CC1. The fraction of sp³-hybridized carbons (Fsp3) is 0.579. The van der Waals surface area contributed by atoms with E-state index in [2.05, 4.69) is 10.2 Å². The number of benzene rings is 1. The number of carbonyl (C=O) groups is 2. The van der Waals surface area contributed by atoms with Gasteiger partial charge in [0.25, 0.3) is 5.91 Å². The summed E-state index contributed by atoms with van der Waals surface area (Å²) in [6.07, 6.45) is 2.95. The number of hydrogen-bond donors (Lipinski definition) is 2. The van der Waals surface area contributed by atoms with E-state index in [-0.39, 0.29) is 17.9 Å². The van der Waals surface area contributed by atoms with Gasteiger partial charge in [0.05, 0.1) is 30.0 Å². The van der Waals surface area contributed by atoms with Crippen molar-refractivity contribution in [3.63, 3.8) is 0 Å². The smallest absolute Gasteiger partial charge is 0.305 e. The fourth-order valence-corrected chi connectivity index (χ4v) is 3.32. The van der Waals surface area contributed by atoms with Crippen LogP contribution < -0.4 is 15.8 Å². The zero-order valence-electron chi connectivity index (χ0n) is 15.9. The van der Waals surface area contributed by atoms with Crippen LogP contribution in [-0.2, 0) is 9.53 Å². The Labute approximate surface area is 165 Å². The normalized spacial score (nSPS) is 15.4. The highest BCUT2D eigenvalue weighted by molar-refractivity contribution is 6.33. The maximum absolute atomic E-state index is 12.6. The van der Waals surface area contributed by atoms with E-state index >= 15 is 0 Å². The molecule has 27 heavy (non-hydrogen) atoms. The molecule has 1 aliphatic rings. The first-order valence-corrected chi connectivity index (χ1v) is 9.64. The Morgan fingerprint density at radius 1 is 1.33 bits per heavy atom. The number of nitrogens with one attached hydrogen (secondary N) is 1. The number of piperidine rings is 1. The van der Waals surface area contributed by atoms with E-state index in [4.69, 9.17) is 26.8 Å². The quantitative estimate of drug-likeness (QED) is 0.517. The van der Waals surface area contributed by atoms with Gasteiger partial charge < -0.3 is 25.4 Å². The van der Waals surface area contributed by atoms with Crippen LogP contribution in [0.2, 0.25) is 5.02 Å². The predicted octanol–water partition coefficient (Wildman–Crippen LogP) is 2.47. The molecule has 7 nitrogen and oxygen atoms in total. The number of nitrogens with zero attached hydrogens (tertiary/aromatic N) is 1. The molecule has 1 aromatic rings. The minimum Gasteiger partial charge on any atom is -0.496 e. The zero-order chi connectivity index (χ0) is 19.8. The second kappa shape index (κ2) is 10.4. The molecule has 0 atom stereocenters. The number of hydrogen-bond acceptors (Lipinski definition) is 6. The third-order valence-electron chi connectivity index (χ3n) is 4.65. The second-order valence-corrected chi connectivity index (χ2v) is 6.98. The molecule has 0 unspecified atom stereocenters. The summed E-state index contributed by atoms with van der Waals surface area (Å²) >= 11 is 6.04. The number of ether oxygens (including phenoxy) is 2. The summed E-state index contributed by atoms with van der Waals surface area (Å²) in [6, 6.07) is 3.19. The molecule has 0 aromatic heterocycles. The van der Waals surface area contributed by atoms with Crippen molar-refractivity contribution >= 4 is 29.2 Å². The summed E-state index contributed by atoms with van der Waals surface area (Å²) in [5, 5.41) is 3.38. The molecule has 0 aliphatic carbocycles. The number of halogens is 1. The topological polar surface area (TPSA) is 93.9 Å². The Kier molecular flexibility index (Phi) is 8.19. The maximum atomic E-state index is 12.6. The molecule has 3 N–H and O–H groups in total. The lowest BCUT2D eigenvalue weighted by molar-refractivity contribution is -0.143. The van der Waals surface area contributed by atoms with E-state index < -0.39 is 0 Å². The summed E-state index contributed by atoms with van der Waals surface area (Å²) in [5.74, 6) is 0.0519. The number of nitrogens with two attached hydrogens (primary N) is 1. The highest BCUT2D eigenvalue weighted by Crippen LogP contribution is 2.29. The van der Waals surface area contributed by atoms with Gasteiger partial charge in [0.15, 0.2) is 0 Å². The second-order valence-electron chi connectivity index (χ2n) is 6.57. The van der Waals surface area contributed by atoms with Crippen LogP contribution in [0.1, 0.15) is 43.0 Å². The zero-order valence-corrected chi connectivity index (χ0v) is 16.7. The summed E-state index contributed by atoms with van der Waals surface area (Å²) in [5.41, 5.74) is 6.52. The van der Waals surface area contributed by atoms with Crippen molar-refractivity contribution in [3.8, 4) is 5.75 Å². The van der Waals surface area contributed by atoms with Crippen molar-refractivity contribution in [1.82, 2.24) is 10.2 Å². The number of nitrogen functional groups attached to an aromatic ring is 1. The third kappa shape index (κ3) is 6.29. The molecule has 0 radical (unpaired) electrons. The minimum atomic E-state index is -0.213. The van der Waals surface area contributed by atoms with Crippen molar-refractivity contribution in [2.24, 2.45) is 0 Å². The molecule has 2 rings (SSSR count). The van der Waals surface area contributed by atoms with Gasteiger partial charge in [-0.1, -0.05) is 11.6 Å². The molecular formula is C19H28ClN3O4. The predicted molar refractivity (Wildman–Crippen MR) is 105 cm³/mol. The largest absolute Gasteiger partial charge is 0.496 e. The van der Waals surface area contributed by atoms with E-state index in [1.807, 2.05) is 6.92 Å². The number of likely N-dealkylation sites (tertiary alicyclic amines) is 1. The van der Waals surface area contributed by atoms with Crippen molar-refractivity contribution in [2.75, 3.05) is 39.1 Å². The van der Waals surface area contributed by atoms with Gasteiger partial charge in [-0.25, -0.2) is 0 Å². The Balaban J connectivity index is 1.79. The lowest BCUT2D eigenvalue weighted by atomic mass is 10.0. The van der Waals surface area contributed by atoms with Crippen LogP contribution in [0, 0.1) is 0 Å². The van der Waals surface area contributed by atoms with Gasteiger partial charge in [0.2, 0.25) is 0 Å². The van der Waals surface area contributed by atoms with Gasteiger partial charge in [-0.2, -0.15) is 0 Å². The Hall–Kier alpha value is -1.99. The first kappa shape index (κ1) is 21.3. The molecule has 1 aromatic carbocycles. The Morgan fingerprint density at radius 3 is 2.67 bits per heavy atom. The van der Waals surface area contributed by atoms with Crippen LogP contribution in [0.5, 0.6) is 5.75 Å². The summed E-state index contributed by atoms with van der Waals surface area (Å²) < 4.78 is 10.2. The van der Waals surface area contributed by atoms with Gasteiger partial charge in [0, 0.05) is 31.6 Å². The van der Waals surface area contributed by atoms with Crippen molar-refractivity contribution in [1.29, 1.82) is 0 Å². The van der Waals surface area contributed by atoms with Gasteiger partial charge in [-0.3, -0.25) is 9.59 Å². The Bertz CT molecular complexity index is 661. The van der Waals surface area contributed by atoms with Crippen LogP contribution in [-0.4, -0.2) is 56.2 Å². The summed E-state index contributed by atoms with van der Waals surface area (Å²) in [4.78, 5) is 26.3. The van der Waals surface area contributed by atoms with Crippen LogP contribution in [0.15, 0.2) is 12.1 Å². The van der Waals surface area contributed by atoms with Crippen LogP contribution in [0.25, 0.3) is 0 Å². The van der Waals surface area contributed by atoms with Crippen LogP contribution in [0.4, 0.5) is 5.69 Å². The third-order valence-corrected chi connectivity index (χ3v) is 4.97. The number of rotatable bonds is 8. The highest BCUT2D eigenvalue weighted by atomic mass is 35.5. The average molecular weight is 398 g/mol. The Morgan fingerprint density at radius 2 is 2.04 bits per heavy atom. The monoisotopic (exact) mass is 397 g/mol. The molecule has 1 heterocycles. The van der Waals surface area contributed by atoms with Gasteiger partial charge in [-0.05, 0) is 38.8 Å². The first-order valence-electron chi connectivity index (χ1n) is 9.26. The standard InChI is InChI=1S/C19H28ClN3O4/c1-3-27-18(24)5-4-8-23-9-6-13(7-10-23)22-19(25)14-11-15(20)16(21)12-17(14)26-2/h11-13H,3-10,21H2,1-2H3,(H,22,25). The maximum Gasteiger partial charge on any atom is 0.305 e. The van der Waals surface area contributed by atoms with E-state index in [1.54, 1.807) is 6.07 Å². The number of esters is 1. The number of amides is 1. The van der Waals surface area contributed by atoms with Crippen molar-refractivity contribution in [2.45, 2.75) is 38.6 Å². The first-order chi connectivity index (χ1) is 12.9. The number of anilines is 1. The lowest BCUT2D eigenvalue weighted by Gasteiger charge is -2.32. The molecule has 1 aliphatic heterocycles. The molecule has 0 bridgehead atoms. The van der Waals surface area contributed by atoms with E-state index in [9.17, 15) is 9.59 Å². The van der Waals surface area contributed by atoms with E-state index in [1.165, 1.54) is 13.2 Å². The van der Waals surface area contributed by atoms with Crippen molar-refractivity contribution < 1.29 is 19.1 Å². The molecule has 1 fully saturated rings. The number of methoxy groups -OCH3 is 1. The minimum absolute atomic E-state index is 0.0971. The van der Waals surface area contributed by atoms with E-state index in [0.29, 0.717) is 35.1 Å². The fourth-order valence-electron chi connectivity index (χ4n) is 3.16. The van der Waals surface area contributed by atoms with Gasteiger partial charge >= 0.3 is 5.97 Å². The molecular weight excluding hydrogens is 370 g/mol. The molecule has 150 valence electrons. The van der Waals surface area contributed by atoms with E-state index in [0.717, 1.165) is 38.9 Å². The van der Waals surface area contributed by atoms with Gasteiger partial charge in [-0.15, -0.1) is 0 Å². The van der Waals surface area contributed by atoms with Crippen LogP contribution >= 0.6 is 11.6 Å². The highest BCUT2D eigenvalue weighted by Gasteiger charge is 2.23. The molecule has 1 amide bonds. The summed E-state index contributed by atoms with van der Waals surface area (Å²) in [6.45, 7) is 4.86. The lowest BCUT2D eigenvalue weighted by Crippen LogP contribution is -2.45. The van der Waals surface area contributed by atoms with Crippen LogP contribution in [0.3, 0.4) is 0 Å². The number of carbonyl (C=O) groups excluding carboxylic acids is 2. The molecule has 1 saturated heterocycles.